The topological polar surface area (TPSA) is 64.7 Å². The first-order valence-corrected chi connectivity index (χ1v) is 10.6. The molecule has 3 aromatic rings. The van der Waals surface area contributed by atoms with E-state index in [1.165, 1.54) is 0 Å². The fourth-order valence-electron chi connectivity index (χ4n) is 3.67. The number of aryl methyl sites for hydroxylation is 4. The Balaban J connectivity index is 2.34. The summed E-state index contributed by atoms with van der Waals surface area (Å²) >= 11 is 0. The van der Waals surface area contributed by atoms with Crippen molar-refractivity contribution in [2.24, 2.45) is 4.99 Å². The van der Waals surface area contributed by atoms with Gasteiger partial charge in [0.05, 0.1) is 12.3 Å². The molecule has 5 nitrogen and oxygen atoms in total. The van der Waals surface area contributed by atoms with E-state index in [1.54, 1.807) is 19.1 Å². The Bertz CT molecular complexity index is 1150. The number of hydrogen-bond donors (Lipinski definition) is 0. The predicted octanol–water partition coefficient (Wildman–Crippen LogP) is 5.89. The molecular weight excluding hydrogens is 400 g/mol. The van der Waals surface area contributed by atoms with Crippen LogP contribution in [0.3, 0.4) is 0 Å². The molecule has 0 atom stereocenters. The van der Waals surface area contributed by atoms with Gasteiger partial charge in [0.25, 0.3) is 0 Å². The number of ether oxygens (including phenoxy) is 1. The van der Waals surface area contributed by atoms with Crippen molar-refractivity contribution in [2.45, 2.75) is 34.6 Å². The zero-order valence-corrected chi connectivity index (χ0v) is 19.2. The molecule has 0 saturated carbocycles. The summed E-state index contributed by atoms with van der Waals surface area (Å²) in [6.45, 7) is 9.66. The molecule has 0 aromatic heterocycles. The zero-order chi connectivity index (χ0) is 23.3. The van der Waals surface area contributed by atoms with Gasteiger partial charge in [0.2, 0.25) is 5.69 Å². The molecule has 0 bridgehead atoms. The van der Waals surface area contributed by atoms with Crippen molar-refractivity contribution in [1.82, 2.24) is 0 Å². The third-order valence-corrected chi connectivity index (χ3v) is 4.83. The monoisotopic (exact) mass is 428 g/mol. The quantitative estimate of drug-likeness (QED) is 0.162. The fourth-order valence-corrected chi connectivity index (χ4v) is 3.67. The maximum atomic E-state index is 13.6. The van der Waals surface area contributed by atoms with Gasteiger partial charge >= 0.3 is 11.7 Å². The SMILES string of the molecule is CCOC(=O)/C(C(=Nc1cc(C)cc(C)c1)c1ccccc1)=[N+](/[O-])c1cc(C)cc(C)c1. The summed E-state index contributed by atoms with van der Waals surface area (Å²) in [5.74, 6) is -0.714. The third-order valence-electron chi connectivity index (χ3n) is 4.83. The third kappa shape index (κ3) is 5.49. The standard InChI is InChI=1S/C27H28N2O3/c1-6-32-27(30)26(29(31)24-16-20(4)13-21(5)17-24)25(22-10-8-7-9-11-22)28-23-14-18(2)12-19(3)15-23/h7-17H,6H2,1-5H3/b28-25?,29-26+. The van der Waals surface area contributed by atoms with E-state index in [2.05, 4.69) is 0 Å². The molecule has 0 fully saturated rings. The van der Waals surface area contributed by atoms with E-state index < -0.39 is 5.97 Å². The first-order chi connectivity index (χ1) is 15.3. The van der Waals surface area contributed by atoms with Crippen LogP contribution in [0.1, 0.15) is 34.7 Å². The van der Waals surface area contributed by atoms with Gasteiger partial charge in [-0.05, 0) is 69.0 Å². The van der Waals surface area contributed by atoms with Crippen LogP contribution in [0.2, 0.25) is 0 Å². The summed E-state index contributed by atoms with van der Waals surface area (Å²) in [6.07, 6.45) is 0. The summed E-state index contributed by atoms with van der Waals surface area (Å²) < 4.78 is 5.93. The van der Waals surface area contributed by atoms with Gasteiger partial charge in [0.1, 0.15) is 0 Å². The molecule has 0 aliphatic heterocycles. The van der Waals surface area contributed by atoms with E-state index in [4.69, 9.17) is 9.73 Å². The lowest BCUT2D eigenvalue weighted by atomic mass is 10.0. The predicted molar refractivity (Wildman–Crippen MR) is 129 cm³/mol. The lowest BCUT2D eigenvalue weighted by molar-refractivity contribution is -0.358. The van der Waals surface area contributed by atoms with Gasteiger partial charge in [0.15, 0.2) is 5.71 Å². The lowest BCUT2D eigenvalue weighted by Gasteiger charge is -2.13. The molecule has 0 unspecified atom stereocenters. The van der Waals surface area contributed by atoms with Gasteiger partial charge in [-0.25, -0.2) is 9.79 Å². The smallest absolute Gasteiger partial charge is 0.407 e. The first-order valence-electron chi connectivity index (χ1n) is 10.6. The average Bonchev–Trinajstić information content (AvgIpc) is 2.72. The Morgan fingerprint density at radius 3 is 1.94 bits per heavy atom. The van der Waals surface area contributed by atoms with Gasteiger partial charge in [-0.3, -0.25) is 0 Å². The van der Waals surface area contributed by atoms with Crippen molar-refractivity contribution in [3.05, 3.63) is 99.8 Å². The number of nitrogens with zero attached hydrogens (tertiary/aromatic N) is 2. The minimum absolute atomic E-state index is 0.147. The van der Waals surface area contributed by atoms with E-state index in [1.807, 2.05) is 82.3 Å². The zero-order valence-electron chi connectivity index (χ0n) is 19.2. The Morgan fingerprint density at radius 2 is 1.41 bits per heavy atom. The van der Waals surface area contributed by atoms with Crippen LogP contribution in [0.5, 0.6) is 0 Å². The minimum atomic E-state index is -0.714. The van der Waals surface area contributed by atoms with E-state index in [-0.39, 0.29) is 18.0 Å². The number of esters is 1. The summed E-state index contributed by atoms with van der Waals surface area (Å²) in [6, 6.07) is 20.6. The van der Waals surface area contributed by atoms with E-state index in [9.17, 15) is 10.0 Å². The summed E-state index contributed by atoms with van der Waals surface area (Å²) in [5, 5.41) is 13.6. The molecule has 0 radical (unpaired) electrons. The van der Waals surface area contributed by atoms with Gasteiger partial charge < -0.3 is 9.94 Å². The second-order valence-corrected chi connectivity index (χ2v) is 7.88. The molecule has 0 saturated heterocycles. The number of benzene rings is 3. The number of rotatable bonds is 6. The Labute approximate surface area is 189 Å². The molecule has 5 heteroatoms. The highest BCUT2D eigenvalue weighted by Gasteiger charge is 2.31. The summed E-state index contributed by atoms with van der Waals surface area (Å²) in [4.78, 5) is 17.9. The van der Waals surface area contributed by atoms with Gasteiger partial charge in [-0.15, -0.1) is 0 Å². The van der Waals surface area contributed by atoms with Crippen molar-refractivity contribution < 1.29 is 14.3 Å². The molecular formula is C27H28N2O3. The molecule has 0 heterocycles. The van der Waals surface area contributed by atoms with Gasteiger partial charge in [0, 0.05) is 17.7 Å². The maximum absolute atomic E-state index is 13.6. The number of aliphatic imine (C=N–C) groups is 1. The summed E-state index contributed by atoms with van der Waals surface area (Å²) in [7, 11) is 0. The van der Waals surface area contributed by atoms with E-state index in [0.717, 1.165) is 22.3 Å². The van der Waals surface area contributed by atoms with Crippen molar-refractivity contribution in [1.29, 1.82) is 0 Å². The Kier molecular flexibility index (Phi) is 7.21. The molecule has 164 valence electrons. The number of hydrogen-bond acceptors (Lipinski definition) is 4. The first kappa shape index (κ1) is 22.9. The lowest BCUT2D eigenvalue weighted by Crippen LogP contribution is -2.33. The normalized spacial score (nSPS) is 12.3. The second-order valence-electron chi connectivity index (χ2n) is 7.88. The van der Waals surface area contributed by atoms with Crippen LogP contribution in [-0.4, -0.2) is 28.7 Å². The van der Waals surface area contributed by atoms with Crippen LogP contribution < -0.4 is 0 Å². The van der Waals surface area contributed by atoms with Crippen LogP contribution >= 0.6 is 0 Å². The van der Waals surface area contributed by atoms with Crippen LogP contribution in [0.25, 0.3) is 0 Å². The average molecular weight is 429 g/mol. The highest BCUT2D eigenvalue weighted by atomic mass is 16.5. The number of carbonyl (C=O) groups excluding carboxylic acids is 1. The number of carbonyl (C=O) groups is 1. The fraction of sp³-hybridized carbons (Fsp3) is 0.222. The highest BCUT2D eigenvalue weighted by Crippen LogP contribution is 2.22. The van der Waals surface area contributed by atoms with Gasteiger partial charge in [-0.2, -0.15) is 4.74 Å². The molecule has 3 aromatic carbocycles. The van der Waals surface area contributed by atoms with Crippen molar-refractivity contribution in [2.75, 3.05) is 6.61 Å². The molecule has 3 rings (SSSR count). The second kappa shape index (κ2) is 10.1. The molecule has 0 aliphatic rings. The molecule has 0 spiro atoms. The van der Waals surface area contributed by atoms with E-state index in [0.29, 0.717) is 21.7 Å². The van der Waals surface area contributed by atoms with Crippen molar-refractivity contribution in [3.63, 3.8) is 0 Å². The van der Waals surface area contributed by atoms with Crippen LogP contribution in [0.15, 0.2) is 71.7 Å². The van der Waals surface area contributed by atoms with E-state index >= 15 is 0 Å². The molecule has 0 amide bonds. The van der Waals surface area contributed by atoms with Gasteiger partial charge in [-0.1, -0.05) is 42.5 Å². The highest BCUT2D eigenvalue weighted by molar-refractivity contribution is 6.67. The summed E-state index contributed by atoms with van der Waals surface area (Å²) in [5.41, 5.74) is 5.73. The van der Waals surface area contributed by atoms with Crippen molar-refractivity contribution in [3.8, 4) is 0 Å². The van der Waals surface area contributed by atoms with Crippen LogP contribution in [0.4, 0.5) is 11.4 Å². The minimum Gasteiger partial charge on any atom is -0.618 e. The molecule has 32 heavy (non-hydrogen) atoms. The van der Waals surface area contributed by atoms with Crippen LogP contribution in [0, 0.1) is 32.9 Å². The molecule has 0 N–H and O–H groups in total. The Hall–Kier alpha value is -3.73. The van der Waals surface area contributed by atoms with Crippen LogP contribution in [-0.2, 0) is 9.53 Å². The molecule has 0 aliphatic carbocycles. The Morgan fingerprint density at radius 1 is 0.875 bits per heavy atom. The largest absolute Gasteiger partial charge is 0.618 e. The van der Waals surface area contributed by atoms with Crippen molar-refractivity contribution >= 4 is 28.8 Å². The maximum Gasteiger partial charge on any atom is 0.407 e.